The molecule has 0 unspecified atom stereocenters. The van der Waals surface area contributed by atoms with Crippen LogP contribution in [0.4, 0.5) is 0 Å². The lowest BCUT2D eigenvalue weighted by Gasteiger charge is -2.29. The summed E-state index contributed by atoms with van der Waals surface area (Å²) in [5, 5.41) is 3.37. The van der Waals surface area contributed by atoms with Gasteiger partial charge in [-0.1, -0.05) is 11.2 Å². The average molecular weight is 255 g/mol. The van der Waals surface area contributed by atoms with Gasteiger partial charge in [0.1, 0.15) is 18.8 Å². The van der Waals surface area contributed by atoms with Crippen molar-refractivity contribution in [2.75, 3.05) is 6.61 Å². The number of nitrogens with zero attached hydrogens (tertiary/aromatic N) is 3. The minimum absolute atomic E-state index is 0.0882. The van der Waals surface area contributed by atoms with E-state index in [4.69, 9.17) is 19.7 Å². The van der Waals surface area contributed by atoms with Crippen molar-refractivity contribution in [3.8, 4) is 0 Å². The molecule has 1 rings (SSSR count). The molecule has 98 valence electrons. The number of rotatable bonds is 4. The molecular weight excluding hydrogens is 242 g/mol. The summed E-state index contributed by atoms with van der Waals surface area (Å²) in [6.45, 7) is 2.43. The summed E-state index contributed by atoms with van der Waals surface area (Å²) in [7, 11) is 0. The molecule has 0 aromatic heterocycles. The molecule has 0 fully saturated rings. The lowest BCUT2D eigenvalue weighted by Crippen LogP contribution is -2.40. The van der Waals surface area contributed by atoms with Crippen molar-refractivity contribution in [3.63, 3.8) is 0 Å². The Hall–Kier alpha value is -2.05. The number of esters is 2. The number of hydrogen-bond donors (Lipinski definition) is 0. The molecule has 8 nitrogen and oxygen atoms in total. The van der Waals surface area contributed by atoms with Crippen LogP contribution in [0.3, 0.4) is 0 Å². The maximum absolute atomic E-state index is 10.9. The van der Waals surface area contributed by atoms with Crippen molar-refractivity contribution in [2.45, 2.75) is 32.3 Å². The molecule has 0 aromatic carbocycles. The van der Waals surface area contributed by atoms with E-state index in [1.54, 1.807) is 6.08 Å². The Balaban J connectivity index is 2.71. The van der Waals surface area contributed by atoms with Crippen LogP contribution in [0.25, 0.3) is 10.4 Å². The highest BCUT2D eigenvalue weighted by atomic mass is 16.6. The van der Waals surface area contributed by atoms with E-state index in [0.717, 1.165) is 0 Å². The van der Waals surface area contributed by atoms with Crippen LogP contribution in [0.15, 0.2) is 17.3 Å². The predicted octanol–water partition coefficient (Wildman–Crippen LogP) is 1.07. The molecule has 1 heterocycles. The van der Waals surface area contributed by atoms with Crippen LogP contribution in [0.2, 0.25) is 0 Å². The quantitative estimate of drug-likeness (QED) is 0.245. The standard InChI is InChI=1S/C10H13N3O5/c1-6(14)16-5-9-8(17-7(2)15)3-4-10(18-9)12-13-11/h3-4,8-10H,5H2,1-2H3/t8-,9+,10+/m0/s1. The number of hydrogen-bond acceptors (Lipinski definition) is 6. The van der Waals surface area contributed by atoms with E-state index in [2.05, 4.69) is 10.0 Å². The van der Waals surface area contributed by atoms with Crippen LogP contribution in [0, 0.1) is 0 Å². The molecule has 0 bridgehead atoms. The summed E-state index contributed by atoms with van der Waals surface area (Å²) in [4.78, 5) is 24.2. The van der Waals surface area contributed by atoms with Gasteiger partial charge in [0.15, 0.2) is 6.23 Å². The van der Waals surface area contributed by atoms with Gasteiger partial charge in [0.05, 0.1) is 0 Å². The van der Waals surface area contributed by atoms with Crippen molar-refractivity contribution < 1.29 is 23.8 Å². The summed E-state index contributed by atoms with van der Waals surface area (Å²) >= 11 is 0. The molecule has 0 aromatic rings. The average Bonchev–Trinajstić information content (AvgIpc) is 2.28. The topological polar surface area (TPSA) is 111 Å². The zero-order chi connectivity index (χ0) is 13.5. The van der Waals surface area contributed by atoms with E-state index in [9.17, 15) is 9.59 Å². The van der Waals surface area contributed by atoms with Gasteiger partial charge < -0.3 is 14.2 Å². The first-order valence-electron chi connectivity index (χ1n) is 5.21. The molecule has 0 aliphatic carbocycles. The second kappa shape index (κ2) is 6.63. The molecule has 1 aliphatic heterocycles. The highest BCUT2D eigenvalue weighted by molar-refractivity contribution is 5.66. The molecule has 0 saturated heterocycles. The molecule has 18 heavy (non-hydrogen) atoms. The lowest BCUT2D eigenvalue weighted by atomic mass is 10.1. The van der Waals surface area contributed by atoms with Crippen LogP contribution in [-0.4, -0.2) is 37.0 Å². The molecule has 3 atom stereocenters. The molecule has 0 saturated carbocycles. The third kappa shape index (κ3) is 4.44. The summed E-state index contributed by atoms with van der Waals surface area (Å²) in [5.41, 5.74) is 8.31. The Labute approximate surface area is 103 Å². The minimum atomic E-state index is -0.803. The van der Waals surface area contributed by atoms with Gasteiger partial charge in [-0.2, -0.15) is 0 Å². The van der Waals surface area contributed by atoms with Gasteiger partial charge in [-0.25, -0.2) is 0 Å². The monoisotopic (exact) mass is 255 g/mol. The number of carbonyl (C=O) groups is 2. The Kier molecular flexibility index (Phi) is 5.16. The van der Waals surface area contributed by atoms with Crippen LogP contribution in [-0.2, 0) is 23.8 Å². The van der Waals surface area contributed by atoms with Crippen molar-refractivity contribution >= 4 is 11.9 Å². The Morgan fingerprint density at radius 3 is 2.67 bits per heavy atom. The van der Waals surface area contributed by atoms with Crippen LogP contribution in [0.5, 0.6) is 0 Å². The predicted molar refractivity (Wildman–Crippen MR) is 59.1 cm³/mol. The first-order chi connectivity index (χ1) is 8.52. The fraction of sp³-hybridized carbons (Fsp3) is 0.600. The first kappa shape index (κ1) is 14.0. The van der Waals surface area contributed by atoms with E-state index in [-0.39, 0.29) is 6.61 Å². The van der Waals surface area contributed by atoms with E-state index >= 15 is 0 Å². The Morgan fingerprint density at radius 2 is 2.11 bits per heavy atom. The molecule has 0 spiro atoms. The van der Waals surface area contributed by atoms with Gasteiger partial charge >= 0.3 is 11.9 Å². The summed E-state index contributed by atoms with van der Waals surface area (Å²) in [5.74, 6) is -0.960. The van der Waals surface area contributed by atoms with Crippen molar-refractivity contribution in [3.05, 3.63) is 22.6 Å². The maximum Gasteiger partial charge on any atom is 0.303 e. The van der Waals surface area contributed by atoms with Crippen molar-refractivity contribution in [1.82, 2.24) is 0 Å². The highest BCUT2D eigenvalue weighted by Gasteiger charge is 2.30. The molecule has 0 amide bonds. The van der Waals surface area contributed by atoms with Gasteiger partial charge in [0.25, 0.3) is 0 Å². The third-order valence-electron chi connectivity index (χ3n) is 2.06. The molecule has 8 heteroatoms. The van der Waals surface area contributed by atoms with Crippen LogP contribution in [0.1, 0.15) is 13.8 Å². The second-order valence-electron chi connectivity index (χ2n) is 3.53. The highest BCUT2D eigenvalue weighted by Crippen LogP contribution is 2.17. The smallest absolute Gasteiger partial charge is 0.303 e. The molecule has 1 aliphatic rings. The fourth-order valence-corrected chi connectivity index (χ4v) is 1.39. The van der Waals surface area contributed by atoms with E-state index in [0.29, 0.717) is 0 Å². The van der Waals surface area contributed by atoms with Gasteiger partial charge in [-0.05, 0) is 11.6 Å². The summed E-state index contributed by atoms with van der Waals surface area (Å²) < 4.78 is 15.1. The SMILES string of the molecule is CC(=O)OC[C@H]1O[C@@H](N=[N+]=[N-])C=C[C@@H]1OC(C)=O. The minimum Gasteiger partial charge on any atom is -0.463 e. The number of ether oxygens (including phenoxy) is 3. The van der Waals surface area contributed by atoms with Gasteiger partial charge in [0, 0.05) is 18.8 Å². The van der Waals surface area contributed by atoms with Crippen molar-refractivity contribution in [1.29, 1.82) is 0 Å². The van der Waals surface area contributed by atoms with E-state index in [1.165, 1.54) is 19.9 Å². The van der Waals surface area contributed by atoms with Crippen LogP contribution < -0.4 is 0 Å². The zero-order valence-corrected chi connectivity index (χ0v) is 9.98. The first-order valence-corrected chi connectivity index (χ1v) is 5.21. The van der Waals surface area contributed by atoms with Crippen molar-refractivity contribution in [2.24, 2.45) is 5.11 Å². The summed E-state index contributed by atoms with van der Waals surface area (Å²) in [6.07, 6.45) is 0.836. The normalized spacial score (nSPS) is 26.0. The van der Waals surface area contributed by atoms with Crippen LogP contribution >= 0.6 is 0 Å². The largest absolute Gasteiger partial charge is 0.463 e. The molecule has 0 radical (unpaired) electrons. The fourth-order valence-electron chi connectivity index (χ4n) is 1.39. The maximum atomic E-state index is 10.9. The lowest BCUT2D eigenvalue weighted by molar-refractivity contribution is -0.163. The van der Waals surface area contributed by atoms with Gasteiger partial charge in [-0.15, -0.1) is 0 Å². The summed E-state index contributed by atoms with van der Waals surface area (Å²) in [6, 6.07) is 0. The number of azide groups is 1. The third-order valence-corrected chi connectivity index (χ3v) is 2.06. The Bertz CT molecular complexity index is 402. The van der Waals surface area contributed by atoms with Gasteiger partial charge in [-0.3, -0.25) is 9.59 Å². The molecule has 0 N–H and O–H groups in total. The number of carbonyl (C=O) groups excluding carboxylic acids is 2. The van der Waals surface area contributed by atoms with Gasteiger partial charge in [0.2, 0.25) is 0 Å². The molecular formula is C10H13N3O5. The Morgan fingerprint density at radius 1 is 1.39 bits per heavy atom. The second-order valence-corrected chi connectivity index (χ2v) is 3.53. The zero-order valence-electron chi connectivity index (χ0n) is 9.98. The van der Waals surface area contributed by atoms with E-state index < -0.39 is 30.4 Å². The van der Waals surface area contributed by atoms with E-state index in [1.807, 2.05) is 0 Å².